The molecule has 1 fully saturated rings. The molecule has 6 nitrogen and oxygen atoms in total. The molecule has 0 spiro atoms. The lowest BCUT2D eigenvalue weighted by Gasteiger charge is -2.20. The third kappa shape index (κ3) is 2.78. The number of hydrogen-bond acceptors (Lipinski definition) is 5. The molecule has 114 valence electrons. The zero-order chi connectivity index (χ0) is 15.0. The predicted octanol–water partition coefficient (Wildman–Crippen LogP) is 2.12. The normalized spacial score (nSPS) is 20.9. The number of alkyl halides is 3. The average molecular weight is 301 g/mol. The zero-order valence-electron chi connectivity index (χ0n) is 11.3. The predicted molar refractivity (Wildman–Crippen MR) is 67.8 cm³/mol. The Bertz CT molecular complexity index is 635. The smallest absolute Gasteiger partial charge is 0.376 e. The molecule has 2 aromatic heterocycles. The van der Waals surface area contributed by atoms with Crippen LogP contribution in [0.2, 0.25) is 0 Å². The second kappa shape index (κ2) is 5.14. The topological polar surface area (TPSA) is 64.3 Å². The summed E-state index contributed by atoms with van der Waals surface area (Å²) in [5.41, 5.74) is 0.0534. The second-order valence-corrected chi connectivity index (χ2v) is 4.99. The van der Waals surface area contributed by atoms with Crippen LogP contribution in [0.15, 0.2) is 12.1 Å². The Morgan fingerprint density at radius 2 is 2.19 bits per heavy atom. The van der Waals surface area contributed by atoms with Crippen molar-refractivity contribution in [2.45, 2.75) is 38.1 Å². The monoisotopic (exact) mass is 301 g/mol. The first-order chi connectivity index (χ1) is 9.95. The highest BCUT2D eigenvalue weighted by molar-refractivity contribution is 5.44. The molecule has 0 aromatic carbocycles. The maximum absolute atomic E-state index is 12.8. The van der Waals surface area contributed by atoms with Gasteiger partial charge in [0.25, 0.3) is 5.82 Å². The van der Waals surface area contributed by atoms with Gasteiger partial charge in [-0.05, 0) is 31.9 Å². The highest BCUT2D eigenvalue weighted by Gasteiger charge is 2.37. The van der Waals surface area contributed by atoms with E-state index in [9.17, 15) is 13.2 Å². The maximum Gasteiger partial charge on any atom is 0.453 e. The second-order valence-electron chi connectivity index (χ2n) is 4.99. The Morgan fingerprint density at radius 3 is 2.86 bits per heavy atom. The van der Waals surface area contributed by atoms with Crippen molar-refractivity contribution >= 4 is 11.5 Å². The fourth-order valence-electron chi connectivity index (χ4n) is 2.37. The standard InChI is InChI=1S/C12H14F3N5O/c1-7(8-3-2-6-21-8)16-9-4-5-10-17-18-11(12(13,14)15)20(10)19-9/h4-5,7-8H,2-3,6H2,1H3,(H,16,19)/t7-,8+/m0/s1. The van der Waals surface area contributed by atoms with E-state index in [4.69, 9.17) is 4.74 Å². The van der Waals surface area contributed by atoms with Crippen molar-refractivity contribution in [3.8, 4) is 0 Å². The lowest BCUT2D eigenvalue weighted by atomic mass is 10.1. The van der Waals surface area contributed by atoms with E-state index in [-0.39, 0.29) is 17.8 Å². The lowest BCUT2D eigenvalue weighted by molar-refractivity contribution is -0.146. The van der Waals surface area contributed by atoms with Gasteiger partial charge in [-0.25, -0.2) is 0 Å². The summed E-state index contributed by atoms with van der Waals surface area (Å²) in [6, 6.07) is 2.98. The summed E-state index contributed by atoms with van der Waals surface area (Å²) in [6.07, 6.45) is -2.62. The van der Waals surface area contributed by atoms with E-state index in [0.717, 1.165) is 12.8 Å². The molecule has 21 heavy (non-hydrogen) atoms. The van der Waals surface area contributed by atoms with Gasteiger partial charge >= 0.3 is 6.18 Å². The van der Waals surface area contributed by atoms with E-state index in [2.05, 4.69) is 20.6 Å². The molecule has 0 radical (unpaired) electrons. The number of fused-ring (bicyclic) bond motifs is 1. The van der Waals surface area contributed by atoms with E-state index in [0.29, 0.717) is 16.9 Å². The number of anilines is 1. The van der Waals surface area contributed by atoms with Gasteiger partial charge in [0.15, 0.2) is 5.65 Å². The Hall–Kier alpha value is -1.90. The van der Waals surface area contributed by atoms with Crippen LogP contribution in [-0.2, 0) is 10.9 Å². The first kappa shape index (κ1) is 14.1. The molecule has 1 aliphatic rings. The van der Waals surface area contributed by atoms with Crippen LogP contribution < -0.4 is 5.32 Å². The van der Waals surface area contributed by atoms with Crippen molar-refractivity contribution in [2.75, 3.05) is 11.9 Å². The van der Waals surface area contributed by atoms with Crippen LogP contribution in [0.5, 0.6) is 0 Å². The molecule has 1 aliphatic heterocycles. The summed E-state index contributed by atoms with van der Waals surface area (Å²) in [5, 5.41) is 13.6. The van der Waals surface area contributed by atoms with Crippen molar-refractivity contribution in [1.82, 2.24) is 19.8 Å². The molecule has 9 heteroatoms. The molecule has 2 atom stereocenters. The lowest BCUT2D eigenvalue weighted by Crippen LogP contribution is -2.30. The summed E-state index contributed by atoms with van der Waals surface area (Å²) in [5.74, 6) is -0.804. The van der Waals surface area contributed by atoms with E-state index < -0.39 is 12.0 Å². The van der Waals surface area contributed by atoms with Crippen molar-refractivity contribution < 1.29 is 17.9 Å². The van der Waals surface area contributed by atoms with Gasteiger partial charge in [-0.3, -0.25) is 0 Å². The molecule has 0 bridgehead atoms. The zero-order valence-corrected chi connectivity index (χ0v) is 11.3. The van der Waals surface area contributed by atoms with E-state index in [1.54, 1.807) is 6.07 Å². The molecule has 0 unspecified atom stereocenters. The summed E-state index contributed by atoms with van der Waals surface area (Å²) in [6.45, 7) is 2.63. The quantitative estimate of drug-likeness (QED) is 0.941. The SMILES string of the molecule is C[C@H](Nc1ccc2nnc(C(F)(F)F)n2n1)[C@H]1CCCO1. The van der Waals surface area contributed by atoms with Gasteiger partial charge in [-0.1, -0.05) is 0 Å². The van der Waals surface area contributed by atoms with Crippen molar-refractivity contribution in [3.63, 3.8) is 0 Å². The van der Waals surface area contributed by atoms with Crippen LogP contribution >= 0.6 is 0 Å². The molecular formula is C12H14F3N5O. The van der Waals surface area contributed by atoms with Crippen LogP contribution in [0.25, 0.3) is 5.65 Å². The third-order valence-corrected chi connectivity index (χ3v) is 3.41. The summed E-state index contributed by atoms with van der Waals surface area (Å²) in [4.78, 5) is 0. The Kier molecular flexibility index (Phi) is 3.44. The van der Waals surface area contributed by atoms with Crippen LogP contribution in [0, 0.1) is 0 Å². The molecule has 3 heterocycles. The number of halogens is 3. The van der Waals surface area contributed by atoms with Gasteiger partial charge in [0, 0.05) is 6.61 Å². The largest absolute Gasteiger partial charge is 0.453 e. The third-order valence-electron chi connectivity index (χ3n) is 3.41. The maximum atomic E-state index is 12.8. The van der Waals surface area contributed by atoms with Crippen LogP contribution in [-0.4, -0.2) is 38.6 Å². The van der Waals surface area contributed by atoms with Gasteiger partial charge in [0.1, 0.15) is 5.82 Å². The molecular weight excluding hydrogens is 287 g/mol. The summed E-state index contributed by atoms with van der Waals surface area (Å²) in [7, 11) is 0. The number of hydrogen-bond donors (Lipinski definition) is 1. The molecule has 2 aromatic rings. The van der Waals surface area contributed by atoms with Crippen molar-refractivity contribution in [1.29, 1.82) is 0 Å². The van der Waals surface area contributed by atoms with E-state index in [1.165, 1.54) is 6.07 Å². The first-order valence-corrected chi connectivity index (χ1v) is 6.63. The molecule has 0 aliphatic carbocycles. The number of rotatable bonds is 3. The number of nitrogens with zero attached hydrogens (tertiary/aromatic N) is 4. The van der Waals surface area contributed by atoms with Gasteiger partial charge < -0.3 is 10.1 Å². The molecule has 0 saturated carbocycles. The van der Waals surface area contributed by atoms with Crippen LogP contribution in [0.1, 0.15) is 25.6 Å². The highest BCUT2D eigenvalue weighted by Crippen LogP contribution is 2.27. The Balaban J connectivity index is 1.86. The molecule has 0 amide bonds. The highest BCUT2D eigenvalue weighted by atomic mass is 19.4. The van der Waals surface area contributed by atoms with Crippen LogP contribution in [0.4, 0.5) is 19.0 Å². The molecule has 1 N–H and O–H groups in total. The molecule has 1 saturated heterocycles. The van der Waals surface area contributed by atoms with Crippen molar-refractivity contribution in [3.05, 3.63) is 18.0 Å². The number of nitrogens with one attached hydrogen (secondary N) is 1. The summed E-state index contributed by atoms with van der Waals surface area (Å²) >= 11 is 0. The Labute approximate surface area is 118 Å². The number of ether oxygens (including phenoxy) is 1. The summed E-state index contributed by atoms with van der Waals surface area (Å²) < 4.78 is 44.6. The first-order valence-electron chi connectivity index (χ1n) is 6.63. The fourth-order valence-corrected chi connectivity index (χ4v) is 2.37. The van der Waals surface area contributed by atoms with Crippen molar-refractivity contribution in [2.24, 2.45) is 0 Å². The van der Waals surface area contributed by atoms with E-state index in [1.807, 2.05) is 6.92 Å². The number of aromatic nitrogens is 4. The minimum absolute atomic E-state index is 0.0386. The average Bonchev–Trinajstić information content (AvgIpc) is 3.06. The van der Waals surface area contributed by atoms with Gasteiger partial charge in [-0.2, -0.15) is 17.7 Å². The fraction of sp³-hybridized carbons (Fsp3) is 0.583. The van der Waals surface area contributed by atoms with E-state index >= 15 is 0 Å². The van der Waals surface area contributed by atoms with Gasteiger partial charge in [-0.15, -0.1) is 15.3 Å². The Morgan fingerprint density at radius 1 is 1.38 bits per heavy atom. The minimum atomic E-state index is -4.59. The van der Waals surface area contributed by atoms with Crippen LogP contribution in [0.3, 0.4) is 0 Å². The molecule has 3 rings (SSSR count). The van der Waals surface area contributed by atoms with Gasteiger partial charge in [0.2, 0.25) is 0 Å². The van der Waals surface area contributed by atoms with Gasteiger partial charge in [0.05, 0.1) is 12.1 Å². The minimum Gasteiger partial charge on any atom is -0.376 e.